The van der Waals surface area contributed by atoms with Crippen LogP contribution in [0.1, 0.15) is 11.3 Å². The van der Waals surface area contributed by atoms with E-state index in [-0.39, 0.29) is 6.21 Å². The molecule has 1 aromatic rings. The number of nitrogens with zero attached hydrogens (tertiary/aromatic N) is 4. The summed E-state index contributed by atoms with van der Waals surface area (Å²) in [5.74, 6) is -6.62. The minimum absolute atomic E-state index is 0.181. The van der Waals surface area contributed by atoms with E-state index in [4.69, 9.17) is 5.73 Å². The lowest BCUT2D eigenvalue weighted by Gasteiger charge is -2.17. The lowest BCUT2D eigenvalue weighted by molar-refractivity contribution is -0.276. The molecule has 1 aromatic heterocycles. The number of fused-ring (bicyclic) bond motifs is 1. The summed E-state index contributed by atoms with van der Waals surface area (Å²) in [5.41, 5.74) is -0.207. The van der Waals surface area contributed by atoms with Gasteiger partial charge in [-0.3, -0.25) is 24.0 Å². The first-order chi connectivity index (χ1) is 13.1. The number of allylic oxidation sites excluding steroid dienone is 1. The third-order valence-electron chi connectivity index (χ3n) is 3.79. The van der Waals surface area contributed by atoms with E-state index in [9.17, 15) is 44.7 Å². The highest BCUT2D eigenvalue weighted by atomic mass is 19.4. The van der Waals surface area contributed by atoms with Gasteiger partial charge in [0.25, 0.3) is 5.56 Å². The fourth-order valence-corrected chi connectivity index (χ4v) is 2.30. The average Bonchev–Trinajstić information content (AvgIpc) is 2.86. The second-order valence-electron chi connectivity index (χ2n) is 5.77. The number of halogens is 8. The molecule has 1 aliphatic rings. The number of hydrogen-bond donors (Lipinski definition) is 1. The van der Waals surface area contributed by atoms with Crippen LogP contribution < -0.4 is 16.2 Å². The zero-order valence-corrected chi connectivity index (χ0v) is 14.3. The first-order valence-electron chi connectivity index (χ1n) is 7.47. The molecule has 2 N–H and O–H groups in total. The summed E-state index contributed by atoms with van der Waals surface area (Å²) < 4.78 is 103. The third-order valence-corrected chi connectivity index (χ3v) is 3.79. The summed E-state index contributed by atoms with van der Waals surface area (Å²) >= 11 is 0. The molecule has 0 unspecified atom stereocenters. The molecule has 7 nitrogen and oxygen atoms in total. The van der Waals surface area contributed by atoms with Gasteiger partial charge >= 0.3 is 18.3 Å². The highest BCUT2D eigenvalue weighted by molar-refractivity contribution is 6.10. The fraction of sp³-hybridized carbons (Fsp3) is 0.429. The highest BCUT2D eigenvalue weighted by Crippen LogP contribution is 2.36. The Morgan fingerprint density at radius 1 is 1.17 bits per heavy atom. The fourth-order valence-electron chi connectivity index (χ4n) is 2.30. The number of aromatic nitrogens is 2. The van der Waals surface area contributed by atoms with Crippen LogP contribution in [0, 0.1) is 0 Å². The standard InChI is InChI=1S/C14H11F8N5O2/c1-26-7(28)4-27-10(29)8(9(13(17,18)19)25-11(26)27)6(2-23)3-24-5-12(15,16)14(20,21)22/h2-3H,4-5,23H2,1H3. The quantitative estimate of drug-likeness (QED) is 0.579. The Balaban J connectivity index is 2.58. The van der Waals surface area contributed by atoms with E-state index in [1.165, 1.54) is 0 Å². The zero-order chi connectivity index (χ0) is 22.4. The maximum atomic E-state index is 13.4. The Morgan fingerprint density at radius 2 is 1.76 bits per heavy atom. The van der Waals surface area contributed by atoms with Crippen LogP contribution in [-0.4, -0.2) is 47.4 Å². The highest BCUT2D eigenvalue weighted by Gasteiger charge is 2.57. The van der Waals surface area contributed by atoms with Crippen LogP contribution in [0.2, 0.25) is 0 Å². The van der Waals surface area contributed by atoms with E-state index in [2.05, 4.69) is 9.98 Å². The largest absolute Gasteiger partial charge is 0.455 e. The van der Waals surface area contributed by atoms with Crippen molar-refractivity contribution in [1.29, 1.82) is 0 Å². The summed E-state index contributed by atoms with van der Waals surface area (Å²) in [5, 5.41) is 0. The van der Waals surface area contributed by atoms with Crippen molar-refractivity contribution in [3.63, 3.8) is 0 Å². The van der Waals surface area contributed by atoms with Gasteiger partial charge in [-0.25, -0.2) is 4.98 Å². The molecule has 2 rings (SSSR count). The maximum Gasteiger partial charge on any atom is 0.455 e. The van der Waals surface area contributed by atoms with E-state index in [1.54, 1.807) is 0 Å². The van der Waals surface area contributed by atoms with Crippen molar-refractivity contribution in [2.75, 3.05) is 18.5 Å². The molecule has 0 radical (unpaired) electrons. The topological polar surface area (TPSA) is 93.6 Å². The number of anilines is 1. The molecule has 0 saturated heterocycles. The molecule has 0 bridgehead atoms. The average molecular weight is 433 g/mol. The molecule has 0 aliphatic carbocycles. The predicted molar refractivity (Wildman–Crippen MR) is 83.4 cm³/mol. The molecule has 2 heterocycles. The molecule has 0 aromatic carbocycles. The second kappa shape index (κ2) is 7.11. The Kier molecular flexibility index (Phi) is 5.47. The number of hydrogen-bond acceptors (Lipinski definition) is 5. The minimum Gasteiger partial charge on any atom is -0.404 e. The lowest BCUT2D eigenvalue weighted by atomic mass is 10.1. The number of amides is 1. The number of rotatable bonds is 4. The molecule has 0 saturated carbocycles. The molecule has 29 heavy (non-hydrogen) atoms. The first kappa shape index (κ1) is 22.3. The predicted octanol–water partition coefficient (Wildman–Crippen LogP) is 1.81. The minimum atomic E-state index is -5.94. The Hall–Kier alpha value is -3.00. The van der Waals surface area contributed by atoms with Gasteiger partial charge in [0.2, 0.25) is 11.9 Å². The van der Waals surface area contributed by atoms with E-state index >= 15 is 0 Å². The van der Waals surface area contributed by atoms with Crippen molar-refractivity contribution in [2.45, 2.75) is 24.8 Å². The molecule has 0 spiro atoms. The normalized spacial score (nSPS) is 16.1. The third kappa shape index (κ3) is 4.07. The molecule has 0 fully saturated rings. The molecule has 0 atom stereocenters. The Labute approximate surface area is 156 Å². The summed E-state index contributed by atoms with van der Waals surface area (Å²) in [4.78, 5) is 30.9. The van der Waals surface area contributed by atoms with Crippen LogP contribution >= 0.6 is 0 Å². The summed E-state index contributed by atoms with van der Waals surface area (Å²) in [7, 11) is 1.08. The van der Waals surface area contributed by atoms with Gasteiger partial charge in [0.1, 0.15) is 13.1 Å². The molecular weight excluding hydrogens is 422 g/mol. The molecular formula is C14H11F8N5O2. The van der Waals surface area contributed by atoms with E-state index in [0.29, 0.717) is 15.7 Å². The van der Waals surface area contributed by atoms with Crippen molar-refractivity contribution in [3.05, 3.63) is 27.8 Å². The van der Waals surface area contributed by atoms with Crippen LogP contribution in [-0.2, 0) is 17.5 Å². The van der Waals surface area contributed by atoms with Crippen molar-refractivity contribution in [2.24, 2.45) is 10.7 Å². The van der Waals surface area contributed by atoms with Crippen molar-refractivity contribution in [1.82, 2.24) is 9.55 Å². The van der Waals surface area contributed by atoms with Crippen LogP contribution in [0.25, 0.3) is 5.57 Å². The number of nitrogens with two attached hydrogens (primary N) is 1. The monoisotopic (exact) mass is 433 g/mol. The van der Waals surface area contributed by atoms with Gasteiger partial charge in [-0.15, -0.1) is 0 Å². The summed E-state index contributed by atoms with van der Waals surface area (Å²) in [6, 6.07) is 0. The van der Waals surface area contributed by atoms with Crippen molar-refractivity contribution in [3.8, 4) is 0 Å². The number of carbonyl (C=O) groups is 1. The van der Waals surface area contributed by atoms with Crippen molar-refractivity contribution >= 4 is 23.6 Å². The Morgan fingerprint density at radius 3 is 2.24 bits per heavy atom. The van der Waals surface area contributed by atoms with Gasteiger partial charge in [-0.2, -0.15) is 35.1 Å². The van der Waals surface area contributed by atoms with Gasteiger partial charge in [-0.05, 0) is 0 Å². The number of alkyl halides is 8. The van der Waals surface area contributed by atoms with Crippen molar-refractivity contribution < 1.29 is 39.9 Å². The zero-order valence-electron chi connectivity index (χ0n) is 14.3. The van der Waals surface area contributed by atoms with Crippen LogP contribution in [0.4, 0.5) is 41.1 Å². The summed E-state index contributed by atoms with van der Waals surface area (Å²) in [6.07, 6.45) is -10.6. The van der Waals surface area contributed by atoms with Gasteiger partial charge < -0.3 is 5.73 Å². The summed E-state index contributed by atoms with van der Waals surface area (Å²) in [6.45, 7) is -2.79. The number of aliphatic imine (C=N–C) groups is 1. The smallest absolute Gasteiger partial charge is 0.404 e. The van der Waals surface area contributed by atoms with Crippen LogP contribution in [0.3, 0.4) is 0 Å². The van der Waals surface area contributed by atoms with E-state index in [0.717, 1.165) is 7.05 Å². The maximum absolute atomic E-state index is 13.4. The molecule has 15 heteroatoms. The van der Waals surface area contributed by atoms with E-state index in [1.807, 2.05) is 0 Å². The molecule has 1 aliphatic heterocycles. The molecule has 160 valence electrons. The van der Waals surface area contributed by atoms with E-state index < -0.39 is 65.6 Å². The molecule has 1 amide bonds. The second-order valence-corrected chi connectivity index (χ2v) is 5.77. The van der Waals surface area contributed by atoms with Gasteiger partial charge in [0.15, 0.2) is 5.69 Å². The van der Waals surface area contributed by atoms with Crippen LogP contribution in [0.15, 0.2) is 16.0 Å². The number of carbonyl (C=O) groups excluding carboxylic acids is 1. The first-order valence-corrected chi connectivity index (χ1v) is 7.47. The van der Waals surface area contributed by atoms with Gasteiger partial charge in [-0.1, -0.05) is 0 Å². The Bertz CT molecular complexity index is 945. The SMILES string of the molecule is CN1C(=O)Cn2c1nc(C(F)(F)F)c(C(C=NCC(F)(F)C(F)(F)F)=CN)c2=O. The number of likely N-dealkylation sites (N-methyl/N-ethyl adjacent to an activating group) is 1. The van der Waals surface area contributed by atoms with Gasteiger partial charge in [0, 0.05) is 25.0 Å². The van der Waals surface area contributed by atoms with Crippen LogP contribution in [0.5, 0.6) is 0 Å². The van der Waals surface area contributed by atoms with Gasteiger partial charge in [0.05, 0.1) is 5.56 Å². The lowest BCUT2D eigenvalue weighted by Crippen LogP contribution is -2.39.